The summed E-state index contributed by atoms with van der Waals surface area (Å²) >= 11 is 0. The Morgan fingerprint density at radius 3 is 2.22 bits per heavy atom. The Morgan fingerprint density at radius 2 is 1.72 bits per heavy atom. The zero-order valence-corrected chi connectivity index (χ0v) is 12.1. The highest BCUT2D eigenvalue weighted by atomic mass is 32.2. The zero-order chi connectivity index (χ0) is 13.6. The van der Waals surface area contributed by atoms with Gasteiger partial charge >= 0.3 is 0 Å². The van der Waals surface area contributed by atoms with Crippen molar-refractivity contribution in [3.8, 4) is 0 Å². The topological polar surface area (TPSA) is 77.2 Å². The van der Waals surface area contributed by atoms with Gasteiger partial charge in [0.1, 0.15) is 0 Å². The van der Waals surface area contributed by atoms with Gasteiger partial charge in [0.25, 0.3) is 0 Å². The van der Waals surface area contributed by atoms with E-state index in [1.54, 1.807) is 12.1 Å². The van der Waals surface area contributed by atoms with Crippen molar-refractivity contribution in [2.45, 2.75) is 29.1 Å². The molecule has 1 atom stereocenters. The van der Waals surface area contributed by atoms with Crippen molar-refractivity contribution in [3.63, 3.8) is 0 Å². The summed E-state index contributed by atoms with van der Waals surface area (Å²) in [6, 6.07) is 6.25. The molecular formula is C12H19NO3S2. The van der Waals surface area contributed by atoms with Gasteiger partial charge in [0.05, 0.1) is 15.7 Å². The lowest BCUT2D eigenvalue weighted by atomic mass is 10.2. The maximum absolute atomic E-state index is 11.9. The smallest absolute Gasteiger partial charge is 0.175 e. The molecule has 1 unspecified atom stereocenters. The van der Waals surface area contributed by atoms with E-state index in [0.29, 0.717) is 17.2 Å². The van der Waals surface area contributed by atoms with E-state index in [-0.39, 0.29) is 4.90 Å². The van der Waals surface area contributed by atoms with Gasteiger partial charge in [-0.1, -0.05) is 6.42 Å². The highest BCUT2D eigenvalue weighted by Crippen LogP contribution is 2.14. The number of nitrogens with two attached hydrogens (primary N) is 1. The highest BCUT2D eigenvalue weighted by molar-refractivity contribution is 7.90. The van der Waals surface area contributed by atoms with Crippen LogP contribution in [-0.2, 0) is 20.6 Å². The first-order valence-electron chi connectivity index (χ1n) is 5.83. The van der Waals surface area contributed by atoms with Gasteiger partial charge in [-0.2, -0.15) is 0 Å². The highest BCUT2D eigenvalue weighted by Gasteiger charge is 2.08. The minimum absolute atomic E-state index is 0.256. The molecule has 2 N–H and O–H groups in total. The molecule has 0 aliphatic carbocycles. The van der Waals surface area contributed by atoms with E-state index >= 15 is 0 Å². The Balaban J connectivity index is 2.60. The minimum atomic E-state index is -3.18. The molecule has 1 aromatic carbocycles. The number of rotatable bonds is 7. The summed E-state index contributed by atoms with van der Waals surface area (Å²) in [5.74, 6) is 0.595. The number of unbranched alkanes of at least 4 members (excludes halogenated alkanes) is 2. The van der Waals surface area contributed by atoms with Gasteiger partial charge in [0.2, 0.25) is 0 Å². The van der Waals surface area contributed by atoms with E-state index in [2.05, 4.69) is 0 Å². The Labute approximate surface area is 111 Å². The van der Waals surface area contributed by atoms with Crippen LogP contribution in [0.5, 0.6) is 0 Å². The summed E-state index contributed by atoms with van der Waals surface area (Å²) in [7, 11) is -4.24. The van der Waals surface area contributed by atoms with Gasteiger partial charge < -0.3 is 5.73 Å². The van der Waals surface area contributed by atoms with Gasteiger partial charge in [-0.15, -0.1) is 0 Å². The van der Waals surface area contributed by atoms with E-state index in [0.717, 1.165) is 25.5 Å². The molecule has 0 aromatic heterocycles. The fourth-order valence-electron chi connectivity index (χ4n) is 1.51. The molecule has 6 heteroatoms. The van der Waals surface area contributed by atoms with Gasteiger partial charge in [-0.3, -0.25) is 4.21 Å². The molecule has 1 rings (SSSR count). The zero-order valence-electron chi connectivity index (χ0n) is 10.5. The van der Waals surface area contributed by atoms with Crippen molar-refractivity contribution in [3.05, 3.63) is 24.3 Å². The van der Waals surface area contributed by atoms with Crippen LogP contribution in [0.15, 0.2) is 34.1 Å². The first-order valence-corrected chi connectivity index (χ1v) is 9.05. The van der Waals surface area contributed by atoms with Crippen LogP contribution in [0, 0.1) is 0 Å². The van der Waals surface area contributed by atoms with Crippen LogP contribution >= 0.6 is 0 Å². The number of sulfone groups is 1. The fraction of sp³-hybridized carbons (Fsp3) is 0.500. The van der Waals surface area contributed by atoms with Gasteiger partial charge in [0, 0.05) is 16.9 Å². The summed E-state index contributed by atoms with van der Waals surface area (Å²) in [6.07, 6.45) is 3.96. The van der Waals surface area contributed by atoms with Crippen LogP contribution in [0.4, 0.5) is 0 Å². The molecule has 0 heterocycles. The van der Waals surface area contributed by atoms with E-state index in [9.17, 15) is 12.6 Å². The molecule has 0 amide bonds. The second-order valence-corrected chi connectivity index (χ2v) is 7.73. The molecular weight excluding hydrogens is 270 g/mol. The van der Waals surface area contributed by atoms with Gasteiger partial charge in [0.15, 0.2) is 9.84 Å². The molecule has 0 radical (unpaired) electrons. The molecule has 0 spiro atoms. The summed E-state index contributed by atoms with van der Waals surface area (Å²) < 4.78 is 34.4. The molecule has 0 saturated carbocycles. The summed E-state index contributed by atoms with van der Waals surface area (Å²) in [4.78, 5) is 0.932. The Morgan fingerprint density at radius 1 is 1.11 bits per heavy atom. The predicted octanol–water partition coefficient (Wildman–Crippen LogP) is 1.33. The first kappa shape index (κ1) is 15.3. The maximum Gasteiger partial charge on any atom is 0.175 e. The third-order valence-corrected chi connectivity index (χ3v) is 5.13. The van der Waals surface area contributed by atoms with Gasteiger partial charge in [-0.25, -0.2) is 8.42 Å². The third-order valence-electron chi connectivity index (χ3n) is 2.55. The Kier molecular flexibility index (Phi) is 5.98. The largest absolute Gasteiger partial charge is 0.330 e. The average Bonchev–Trinajstić information content (AvgIpc) is 2.33. The molecule has 0 fully saturated rings. The molecule has 102 valence electrons. The quantitative estimate of drug-likeness (QED) is 0.768. The fourth-order valence-corrected chi connectivity index (χ4v) is 3.28. The number of benzene rings is 1. The number of hydrogen-bond acceptors (Lipinski definition) is 4. The van der Waals surface area contributed by atoms with Crippen molar-refractivity contribution in [2.24, 2.45) is 5.73 Å². The van der Waals surface area contributed by atoms with E-state index in [4.69, 9.17) is 5.73 Å². The van der Waals surface area contributed by atoms with Crippen molar-refractivity contribution in [1.29, 1.82) is 0 Å². The molecule has 1 aromatic rings. The van der Waals surface area contributed by atoms with E-state index in [1.165, 1.54) is 12.1 Å². The van der Waals surface area contributed by atoms with E-state index < -0.39 is 20.6 Å². The van der Waals surface area contributed by atoms with Crippen molar-refractivity contribution in [2.75, 3.05) is 18.6 Å². The standard InChI is InChI=1S/C12H19NO3S2/c1-18(15,16)12-7-5-11(6-8-12)17(14)10-4-2-3-9-13/h5-8H,2-4,9-10,13H2,1H3. The summed E-state index contributed by atoms with van der Waals surface area (Å²) in [5, 5.41) is 0. The van der Waals surface area contributed by atoms with Crippen molar-refractivity contribution >= 4 is 20.6 Å². The second kappa shape index (κ2) is 7.01. The monoisotopic (exact) mass is 289 g/mol. The average molecular weight is 289 g/mol. The molecule has 0 aliphatic rings. The molecule has 4 nitrogen and oxygen atoms in total. The predicted molar refractivity (Wildman–Crippen MR) is 73.7 cm³/mol. The maximum atomic E-state index is 11.9. The second-order valence-electron chi connectivity index (χ2n) is 4.14. The van der Waals surface area contributed by atoms with Gasteiger partial charge in [-0.05, 0) is 43.7 Å². The third kappa shape index (κ3) is 4.88. The normalized spacial score (nSPS) is 13.4. The van der Waals surface area contributed by atoms with Crippen LogP contribution in [0.1, 0.15) is 19.3 Å². The Bertz CT molecular complexity index is 495. The summed E-state index contributed by atoms with van der Waals surface area (Å²) in [6.45, 7) is 0.662. The van der Waals surface area contributed by atoms with Crippen molar-refractivity contribution < 1.29 is 12.6 Å². The molecule has 0 bridgehead atoms. The Hall–Kier alpha value is -0.720. The molecule has 0 aliphatic heterocycles. The molecule has 18 heavy (non-hydrogen) atoms. The SMILES string of the molecule is CS(=O)(=O)c1ccc(S(=O)CCCCCN)cc1. The van der Waals surface area contributed by atoms with Crippen LogP contribution in [0.2, 0.25) is 0 Å². The minimum Gasteiger partial charge on any atom is -0.330 e. The lowest BCUT2D eigenvalue weighted by Crippen LogP contribution is -2.02. The van der Waals surface area contributed by atoms with Crippen LogP contribution in [0.25, 0.3) is 0 Å². The number of hydrogen-bond donors (Lipinski definition) is 1. The van der Waals surface area contributed by atoms with Crippen molar-refractivity contribution in [1.82, 2.24) is 0 Å². The molecule has 0 saturated heterocycles. The first-order chi connectivity index (χ1) is 8.45. The summed E-state index contributed by atoms with van der Waals surface area (Å²) in [5.41, 5.74) is 5.38. The lowest BCUT2D eigenvalue weighted by molar-refractivity contribution is 0.601. The van der Waals surface area contributed by atoms with E-state index in [1.807, 2.05) is 0 Å². The van der Waals surface area contributed by atoms with Crippen LogP contribution < -0.4 is 5.73 Å². The van der Waals surface area contributed by atoms with Crippen LogP contribution in [0.3, 0.4) is 0 Å². The van der Waals surface area contributed by atoms with Crippen LogP contribution in [-0.4, -0.2) is 31.2 Å². The lowest BCUT2D eigenvalue weighted by Gasteiger charge is -2.03.